The van der Waals surface area contributed by atoms with E-state index in [1.165, 1.54) is 12.8 Å². The Hall–Kier alpha value is -0.220. The molecule has 1 N–H and O–H groups in total. The van der Waals surface area contributed by atoms with Crippen LogP contribution in [0, 0.1) is 5.41 Å². The summed E-state index contributed by atoms with van der Waals surface area (Å²) in [6.07, 6.45) is 4.43. The number of amides is 1. The van der Waals surface area contributed by atoms with Crippen LogP contribution in [0.2, 0.25) is 0 Å². The van der Waals surface area contributed by atoms with E-state index < -0.39 is 0 Å². The molecule has 2 atom stereocenters. The van der Waals surface area contributed by atoms with Crippen molar-refractivity contribution in [2.24, 2.45) is 5.41 Å². The van der Waals surface area contributed by atoms with Gasteiger partial charge in [-0.2, -0.15) is 11.8 Å². The summed E-state index contributed by atoms with van der Waals surface area (Å²) in [5, 5.41) is 3.53. The molecule has 0 aromatic heterocycles. The first-order valence-corrected chi connectivity index (χ1v) is 6.98. The van der Waals surface area contributed by atoms with Gasteiger partial charge in [-0.1, -0.05) is 0 Å². The lowest BCUT2D eigenvalue weighted by Gasteiger charge is -2.24. The van der Waals surface area contributed by atoms with Crippen molar-refractivity contribution in [1.29, 1.82) is 0 Å². The number of nitrogens with zero attached hydrogens (tertiary/aromatic N) is 1. The second-order valence-corrected chi connectivity index (χ2v) is 5.99. The van der Waals surface area contributed by atoms with Gasteiger partial charge in [0.15, 0.2) is 0 Å². The number of likely N-dealkylation sites (tertiary alicyclic amines) is 1. The summed E-state index contributed by atoms with van der Waals surface area (Å²) < 4.78 is 0. The van der Waals surface area contributed by atoms with Crippen LogP contribution in [0.15, 0.2) is 0 Å². The van der Waals surface area contributed by atoms with Crippen molar-refractivity contribution in [3.8, 4) is 0 Å². The van der Waals surface area contributed by atoms with Crippen molar-refractivity contribution in [3.05, 3.63) is 0 Å². The zero-order chi connectivity index (χ0) is 10.9. The van der Waals surface area contributed by atoms with Crippen molar-refractivity contribution in [3.63, 3.8) is 0 Å². The molecule has 3 nitrogen and oxygen atoms in total. The lowest BCUT2D eigenvalue weighted by atomic mass is 9.87. The van der Waals surface area contributed by atoms with E-state index in [-0.39, 0.29) is 5.25 Å². The minimum Gasteiger partial charge on any atom is -0.341 e. The Kier molecular flexibility index (Phi) is 3.26. The lowest BCUT2D eigenvalue weighted by molar-refractivity contribution is -0.129. The Morgan fingerprint density at radius 2 is 2.33 bits per heavy atom. The standard InChI is InChI=1S/C11H20N2OS/c1-9(15-2)10(14)13-6-4-11(8-13)3-5-12-7-11/h9,12H,3-8H2,1-2H3. The fourth-order valence-corrected chi connectivity index (χ4v) is 2.98. The van der Waals surface area contributed by atoms with Crippen LogP contribution in [0.5, 0.6) is 0 Å². The average molecular weight is 228 g/mol. The summed E-state index contributed by atoms with van der Waals surface area (Å²) in [5.41, 5.74) is 0.411. The van der Waals surface area contributed by atoms with Gasteiger partial charge < -0.3 is 10.2 Å². The first kappa shape index (κ1) is 11.3. The van der Waals surface area contributed by atoms with E-state index in [4.69, 9.17) is 0 Å². The molecule has 2 aliphatic heterocycles. The molecule has 0 bridgehead atoms. The zero-order valence-corrected chi connectivity index (χ0v) is 10.4. The normalized spacial score (nSPS) is 32.5. The third-order valence-corrected chi connectivity index (χ3v) is 4.69. The van der Waals surface area contributed by atoms with Crippen LogP contribution in [-0.2, 0) is 4.79 Å². The molecule has 1 spiro atoms. The molecule has 0 aromatic rings. The molecule has 0 aromatic carbocycles. The number of carbonyl (C=O) groups is 1. The molecule has 15 heavy (non-hydrogen) atoms. The summed E-state index contributed by atoms with van der Waals surface area (Å²) in [6.45, 7) is 6.17. The predicted molar refractivity (Wildman–Crippen MR) is 64.1 cm³/mol. The second-order valence-electron chi connectivity index (χ2n) is 4.81. The SMILES string of the molecule is CSC(C)C(=O)N1CCC2(CCNC2)C1. The average Bonchev–Trinajstić information content (AvgIpc) is 2.88. The fourth-order valence-electron chi connectivity index (χ4n) is 2.63. The Bertz CT molecular complexity index is 251. The highest BCUT2D eigenvalue weighted by Gasteiger charge is 2.42. The van der Waals surface area contributed by atoms with Gasteiger partial charge in [0.05, 0.1) is 5.25 Å². The molecule has 2 saturated heterocycles. The van der Waals surface area contributed by atoms with Gasteiger partial charge in [-0.3, -0.25) is 4.79 Å². The van der Waals surface area contributed by atoms with E-state index in [1.54, 1.807) is 11.8 Å². The van der Waals surface area contributed by atoms with Gasteiger partial charge in [-0.05, 0) is 32.6 Å². The summed E-state index contributed by atoms with van der Waals surface area (Å²) in [7, 11) is 0. The van der Waals surface area contributed by atoms with Crippen LogP contribution in [0.1, 0.15) is 19.8 Å². The van der Waals surface area contributed by atoms with E-state index in [2.05, 4.69) is 10.2 Å². The minimum absolute atomic E-state index is 0.120. The predicted octanol–water partition coefficient (Wildman–Crippen LogP) is 0.950. The molecular formula is C11H20N2OS. The van der Waals surface area contributed by atoms with Crippen molar-refractivity contribution >= 4 is 17.7 Å². The van der Waals surface area contributed by atoms with Crippen molar-refractivity contribution in [2.45, 2.75) is 25.0 Å². The lowest BCUT2D eigenvalue weighted by Crippen LogP contribution is -2.37. The smallest absolute Gasteiger partial charge is 0.235 e. The maximum Gasteiger partial charge on any atom is 0.235 e. The molecule has 0 saturated carbocycles. The highest BCUT2D eigenvalue weighted by atomic mass is 32.2. The third kappa shape index (κ3) is 2.16. The molecule has 0 radical (unpaired) electrons. The first-order chi connectivity index (χ1) is 7.17. The van der Waals surface area contributed by atoms with E-state index in [1.807, 2.05) is 13.2 Å². The molecule has 2 unspecified atom stereocenters. The van der Waals surface area contributed by atoms with E-state index >= 15 is 0 Å². The molecule has 1 amide bonds. The van der Waals surface area contributed by atoms with Gasteiger partial charge in [-0.15, -0.1) is 0 Å². The molecule has 4 heteroatoms. The number of carbonyl (C=O) groups excluding carboxylic acids is 1. The van der Waals surface area contributed by atoms with E-state index in [0.29, 0.717) is 11.3 Å². The van der Waals surface area contributed by atoms with E-state index in [0.717, 1.165) is 26.2 Å². The Balaban J connectivity index is 1.94. The molecule has 2 aliphatic rings. The second kappa shape index (κ2) is 4.34. The van der Waals surface area contributed by atoms with E-state index in [9.17, 15) is 4.79 Å². The topological polar surface area (TPSA) is 32.3 Å². The van der Waals surface area contributed by atoms with Crippen LogP contribution < -0.4 is 5.32 Å². The number of hydrogen-bond acceptors (Lipinski definition) is 3. The largest absolute Gasteiger partial charge is 0.341 e. The Morgan fingerprint density at radius 1 is 1.53 bits per heavy atom. The Labute approximate surface area is 96.0 Å². The molecule has 2 heterocycles. The van der Waals surface area contributed by atoms with Crippen molar-refractivity contribution in [1.82, 2.24) is 10.2 Å². The molecule has 0 aliphatic carbocycles. The summed E-state index contributed by atoms with van der Waals surface area (Å²) in [5.74, 6) is 0.325. The first-order valence-electron chi connectivity index (χ1n) is 5.69. The van der Waals surface area contributed by atoms with Crippen molar-refractivity contribution in [2.75, 3.05) is 32.4 Å². The maximum atomic E-state index is 12.0. The van der Waals surface area contributed by atoms with Crippen LogP contribution in [-0.4, -0.2) is 48.5 Å². The van der Waals surface area contributed by atoms with Gasteiger partial charge in [0.25, 0.3) is 0 Å². The van der Waals surface area contributed by atoms with Crippen LogP contribution >= 0.6 is 11.8 Å². The number of nitrogens with one attached hydrogen (secondary N) is 1. The maximum absolute atomic E-state index is 12.0. The van der Waals surface area contributed by atoms with Crippen LogP contribution in [0.4, 0.5) is 0 Å². The zero-order valence-electron chi connectivity index (χ0n) is 9.58. The van der Waals surface area contributed by atoms with Gasteiger partial charge in [0, 0.05) is 25.0 Å². The van der Waals surface area contributed by atoms with Crippen LogP contribution in [0.3, 0.4) is 0 Å². The number of hydrogen-bond donors (Lipinski definition) is 1. The monoisotopic (exact) mass is 228 g/mol. The molecular weight excluding hydrogens is 208 g/mol. The number of rotatable bonds is 2. The van der Waals surface area contributed by atoms with Crippen molar-refractivity contribution < 1.29 is 4.79 Å². The van der Waals surface area contributed by atoms with Gasteiger partial charge in [0.2, 0.25) is 5.91 Å². The quantitative estimate of drug-likeness (QED) is 0.764. The molecule has 2 fully saturated rings. The summed E-state index contributed by atoms with van der Waals surface area (Å²) >= 11 is 1.64. The highest BCUT2D eigenvalue weighted by molar-refractivity contribution is 7.99. The van der Waals surface area contributed by atoms with Gasteiger partial charge in [-0.25, -0.2) is 0 Å². The molecule has 86 valence electrons. The minimum atomic E-state index is 0.120. The third-order valence-electron chi connectivity index (χ3n) is 3.78. The van der Waals surface area contributed by atoms with Gasteiger partial charge >= 0.3 is 0 Å². The van der Waals surface area contributed by atoms with Crippen LogP contribution in [0.25, 0.3) is 0 Å². The Morgan fingerprint density at radius 3 is 2.93 bits per heavy atom. The fraction of sp³-hybridized carbons (Fsp3) is 0.909. The summed E-state index contributed by atoms with van der Waals surface area (Å²) in [4.78, 5) is 14.1. The molecule has 2 rings (SSSR count). The summed E-state index contributed by atoms with van der Waals surface area (Å²) in [6, 6.07) is 0. The highest BCUT2D eigenvalue weighted by Crippen LogP contribution is 2.36. The number of thioether (sulfide) groups is 1. The van der Waals surface area contributed by atoms with Gasteiger partial charge in [0.1, 0.15) is 0 Å².